The van der Waals surface area contributed by atoms with Crippen LogP contribution in [-0.2, 0) is 0 Å². The first kappa shape index (κ1) is 21.3. The maximum atomic E-state index is 12.5. The lowest BCUT2D eigenvalue weighted by molar-refractivity contribution is 0.0948. The highest BCUT2D eigenvalue weighted by atomic mass is 35.5. The van der Waals surface area contributed by atoms with E-state index < -0.39 is 0 Å². The Morgan fingerprint density at radius 3 is 2.35 bits per heavy atom. The summed E-state index contributed by atoms with van der Waals surface area (Å²) in [5.74, 6) is 0.705. The van der Waals surface area contributed by atoms with E-state index >= 15 is 0 Å². The van der Waals surface area contributed by atoms with Crippen molar-refractivity contribution in [3.05, 3.63) is 64.7 Å². The van der Waals surface area contributed by atoms with Crippen LogP contribution in [0.2, 0.25) is 5.02 Å². The Kier molecular flexibility index (Phi) is 6.48. The van der Waals surface area contributed by atoms with E-state index in [-0.39, 0.29) is 5.91 Å². The zero-order valence-corrected chi connectivity index (χ0v) is 18.5. The first-order valence-corrected chi connectivity index (χ1v) is 10.8. The second kappa shape index (κ2) is 9.45. The molecule has 4 rings (SSSR count). The van der Waals surface area contributed by atoms with Gasteiger partial charge < -0.3 is 10.2 Å². The van der Waals surface area contributed by atoms with Crippen LogP contribution in [0.1, 0.15) is 21.7 Å². The van der Waals surface area contributed by atoms with Crippen molar-refractivity contribution in [2.24, 2.45) is 0 Å². The quantitative estimate of drug-likeness (QED) is 0.635. The van der Waals surface area contributed by atoms with E-state index in [2.05, 4.69) is 30.2 Å². The summed E-state index contributed by atoms with van der Waals surface area (Å²) in [5.41, 5.74) is 3.18. The second-order valence-corrected chi connectivity index (χ2v) is 7.95. The number of aryl methyl sites for hydroxylation is 1. The van der Waals surface area contributed by atoms with Crippen LogP contribution in [0.15, 0.2) is 42.7 Å². The molecule has 3 heterocycles. The van der Waals surface area contributed by atoms with Gasteiger partial charge in [-0.05, 0) is 44.2 Å². The molecule has 0 radical (unpaired) electrons. The smallest absolute Gasteiger partial charge is 0.251 e. The number of anilines is 1. The molecule has 1 aliphatic heterocycles. The summed E-state index contributed by atoms with van der Waals surface area (Å²) >= 11 is 6.23. The third-order valence-corrected chi connectivity index (χ3v) is 6.04. The van der Waals surface area contributed by atoms with Crippen LogP contribution < -0.4 is 10.2 Å². The summed E-state index contributed by atoms with van der Waals surface area (Å²) in [4.78, 5) is 25.6. The zero-order valence-electron chi connectivity index (χ0n) is 17.8. The molecule has 3 aromatic rings. The lowest BCUT2D eigenvalue weighted by Crippen LogP contribution is -2.49. The third-order valence-electron chi connectivity index (χ3n) is 5.50. The van der Waals surface area contributed by atoms with E-state index in [1.54, 1.807) is 17.1 Å². The number of piperazine rings is 1. The number of carbonyl (C=O) groups is 1. The Balaban J connectivity index is 1.24. The lowest BCUT2D eigenvalue weighted by atomic mass is 10.2. The summed E-state index contributed by atoms with van der Waals surface area (Å²) in [6.45, 7) is 8.85. The van der Waals surface area contributed by atoms with Crippen molar-refractivity contribution in [2.75, 3.05) is 44.2 Å². The van der Waals surface area contributed by atoms with E-state index in [0.29, 0.717) is 17.1 Å². The van der Waals surface area contributed by atoms with Crippen molar-refractivity contribution < 1.29 is 4.79 Å². The fraction of sp³-hybridized carbons (Fsp3) is 0.364. The van der Waals surface area contributed by atoms with Gasteiger partial charge in [0, 0.05) is 57.2 Å². The molecule has 9 heteroatoms. The number of nitrogens with zero attached hydrogens (tertiary/aromatic N) is 6. The van der Waals surface area contributed by atoms with Crippen molar-refractivity contribution in [1.29, 1.82) is 0 Å². The lowest BCUT2D eigenvalue weighted by Gasteiger charge is -2.34. The molecule has 0 atom stereocenters. The monoisotopic (exact) mass is 439 g/mol. The van der Waals surface area contributed by atoms with E-state index in [9.17, 15) is 4.79 Å². The number of carbonyl (C=O) groups excluding carboxylic acids is 1. The Hall–Kier alpha value is -2.97. The molecule has 162 valence electrons. The summed E-state index contributed by atoms with van der Waals surface area (Å²) < 4.78 is 1.79. The highest BCUT2D eigenvalue weighted by Crippen LogP contribution is 2.22. The molecule has 0 aliphatic carbocycles. The molecule has 0 bridgehead atoms. The molecule has 1 aromatic carbocycles. The molecule has 1 N–H and O–H groups in total. The molecule has 1 saturated heterocycles. The number of aromatic nitrogens is 4. The highest BCUT2D eigenvalue weighted by molar-refractivity contribution is 6.31. The number of nitrogens with one attached hydrogen (secondary N) is 1. The Bertz CT molecular complexity index is 1030. The highest BCUT2D eigenvalue weighted by Gasteiger charge is 2.18. The Labute approximate surface area is 186 Å². The number of benzene rings is 1. The van der Waals surface area contributed by atoms with Crippen molar-refractivity contribution in [1.82, 2.24) is 30.0 Å². The molecule has 0 unspecified atom stereocenters. The average Bonchev–Trinajstić information content (AvgIpc) is 3.07. The van der Waals surface area contributed by atoms with Gasteiger partial charge in [0.15, 0.2) is 0 Å². The van der Waals surface area contributed by atoms with Crippen LogP contribution in [0, 0.1) is 13.8 Å². The molecule has 0 spiro atoms. The summed E-state index contributed by atoms with van der Waals surface area (Å²) in [6.07, 6.45) is 3.53. The minimum absolute atomic E-state index is 0.0747. The maximum Gasteiger partial charge on any atom is 0.251 e. The number of hydrogen-bond donors (Lipinski definition) is 1. The van der Waals surface area contributed by atoms with Gasteiger partial charge in [-0.1, -0.05) is 11.6 Å². The van der Waals surface area contributed by atoms with Crippen LogP contribution in [0.4, 0.5) is 5.95 Å². The zero-order chi connectivity index (χ0) is 21.8. The van der Waals surface area contributed by atoms with Gasteiger partial charge in [-0.2, -0.15) is 5.10 Å². The van der Waals surface area contributed by atoms with E-state index in [1.165, 1.54) is 0 Å². The number of halogens is 1. The average molecular weight is 440 g/mol. The Morgan fingerprint density at radius 2 is 1.74 bits per heavy atom. The van der Waals surface area contributed by atoms with Gasteiger partial charge in [-0.15, -0.1) is 0 Å². The molecule has 8 nitrogen and oxygen atoms in total. The number of amides is 1. The second-order valence-electron chi connectivity index (χ2n) is 7.58. The first-order chi connectivity index (χ1) is 15.0. The molecular weight excluding hydrogens is 414 g/mol. The van der Waals surface area contributed by atoms with Gasteiger partial charge in [-0.25, -0.2) is 14.6 Å². The molecular formula is C22H26ClN7O. The van der Waals surface area contributed by atoms with Gasteiger partial charge >= 0.3 is 0 Å². The minimum Gasteiger partial charge on any atom is -0.351 e. The molecule has 31 heavy (non-hydrogen) atoms. The van der Waals surface area contributed by atoms with Crippen molar-refractivity contribution in [3.8, 4) is 5.69 Å². The molecule has 1 amide bonds. The van der Waals surface area contributed by atoms with Crippen molar-refractivity contribution in [3.63, 3.8) is 0 Å². The van der Waals surface area contributed by atoms with Crippen LogP contribution in [-0.4, -0.2) is 69.8 Å². The van der Waals surface area contributed by atoms with E-state index in [1.807, 2.05) is 44.2 Å². The summed E-state index contributed by atoms with van der Waals surface area (Å²) in [7, 11) is 0. The van der Waals surface area contributed by atoms with Gasteiger partial charge in [0.05, 0.1) is 22.1 Å². The summed E-state index contributed by atoms with van der Waals surface area (Å²) in [6, 6.07) is 9.22. The largest absolute Gasteiger partial charge is 0.351 e. The molecule has 0 saturated carbocycles. The number of rotatable bonds is 6. The third kappa shape index (κ3) is 4.86. The van der Waals surface area contributed by atoms with E-state index in [4.69, 9.17) is 11.6 Å². The first-order valence-electron chi connectivity index (χ1n) is 10.4. The van der Waals surface area contributed by atoms with Crippen LogP contribution in [0.5, 0.6) is 0 Å². The molecule has 1 aliphatic rings. The topological polar surface area (TPSA) is 79.2 Å². The number of hydrogen-bond acceptors (Lipinski definition) is 6. The fourth-order valence-electron chi connectivity index (χ4n) is 3.68. The van der Waals surface area contributed by atoms with Gasteiger partial charge in [0.2, 0.25) is 5.95 Å². The van der Waals surface area contributed by atoms with Gasteiger partial charge in [-0.3, -0.25) is 9.69 Å². The van der Waals surface area contributed by atoms with Crippen molar-refractivity contribution in [2.45, 2.75) is 13.8 Å². The molecule has 2 aromatic heterocycles. The van der Waals surface area contributed by atoms with Crippen LogP contribution in [0.3, 0.4) is 0 Å². The maximum absolute atomic E-state index is 12.5. The molecule has 1 fully saturated rings. The van der Waals surface area contributed by atoms with Crippen molar-refractivity contribution >= 4 is 23.5 Å². The fourth-order valence-corrected chi connectivity index (χ4v) is 3.80. The van der Waals surface area contributed by atoms with Gasteiger partial charge in [0.1, 0.15) is 0 Å². The predicted octanol–water partition coefficient (Wildman–Crippen LogP) is 2.48. The normalized spacial score (nSPS) is 14.6. The van der Waals surface area contributed by atoms with Crippen LogP contribution >= 0.6 is 11.6 Å². The minimum atomic E-state index is -0.0747. The standard InChI is InChI=1S/C22H26ClN7O/c1-16-20(23)17(2)30(27-16)19-6-4-18(5-7-19)21(31)24-10-11-28-12-14-29(15-13-28)22-25-8-3-9-26-22/h3-9H,10-15H2,1-2H3,(H,24,31). The summed E-state index contributed by atoms with van der Waals surface area (Å²) in [5, 5.41) is 8.12. The van der Waals surface area contributed by atoms with E-state index in [0.717, 1.165) is 55.7 Å². The van der Waals surface area contributed by atoms with Gasteiger partial charge in [0.25, 0.3) is 5.91 Å². The van der Waals surface area contributed by atoms with Crippen LogP contribution in [0.25, 0.3) is 5.69 Å². The SMILES string of the molecule is Cc1nn(-c2ccc(C(=O)NCCN3CCN(c4ncccn4)CC3)cc2)c(C)c1Cl. The Morgan fingerprint density at radius 1 is 1.06 bits per heavy atom. The predicted molar refractivity (Wildman–Crippen MR) is 121 cm³/mol.